The molecule has 12 nitrogen and oxygen atoms in total. The number of nitrogens with two attached hydrogens (primary N) is 1. The van der Waals surface area contributed by atoms with E-state index in [2.05, 4.69) is 25.3 Å². The Bertz CT molecular complexity index is 1910. The molecule has 204 valence electrons. The van der Waals surface area contributed by atoms with Crippen LogP contribution in [0.15, 0.2) is 47.9 Å². The van der Waals surface area contributed by atoms with Crippen LogP contribution in [0.5, 0.6) is 0 Å². The van der Waals surface area contributed by atoms with Gasteiger partial charge in [-0.3, -0.25) is 14.9 Å². The van der Waals surface area contributed by atoms with Crippen molar-refractivity contribution >= 4 is 38.1 Å². The number of carbonyl (C=O) groups is 1. The summed E-state index contributed by atoms with van der Waals surface area (Å²) in [5.74, 6) is -0.686. The number of fused-ring (bicyclic) bond motifs is 4. The zero-order valence-corrected chi connectivity index (χ0v) is 22.1. The monoisotopic (exact) mass is 561 g/mol. The number of benzene rings is 1. The Balaban J connectivity index is 1.34. The number of H-pyrrole nitrogens is 1. The molecule has 40 heavy (non-hydrogen) atoms. The lowest BCUT2D eigenvalue weighted by atomic mass is 9.87. The number of amides is 1. The first kappa shape index (κ1) is 24.6. The van der Waals surface area contributed by atoms with Crippen LogP contribution >= 0.6 is 0 Å². The molecular weight excluding hydrogens is 537 g/mol. The van der Waals surface area contributed by atoms with E-state index in [9.17, 15) is 17.6 Å². The standard InChI is InChI=1S/C26H24FN9O3S/c1-40(38,39)22-21(14-8-17-3-4-18(9-14)35(17)26(37)24-30-12-31-34-24)33-25-19(11-32-36(25)23(22)28)15-6-13-7-16(27)2-5-20(13)29-10-15/h2,5-7,10-12,14,17-18H,3-4,8-9,28H2,1H3,(H,30,31,34)/t14?,17-,18+. The van der Waals surface area contributed by atoms with Crippen molar-refractivity contribution in [2.75, 3.05) is 12.0 Å². The van der Waals surface area contributed by atoms with E-state index >= 15 is 0 Å². The van der Waals surface area contributed by atoms with Crippen molar-refractivity contribution in [3.8, 4) is 11.1 Å². The lowest BCUT2D eigenvalue weighted by Gasteiger charge is -2.38. The molecule has 4 aromatic heterocycles. The molecule has 3 atom stereocenters. The number of hydrogen-bond donors (Lipinski definition) is 2. The van der Waals surface area contributed by atoms with Gasteiger partial charge >= 0.3 is 0 Å². The minimum absolute atomic E-state index is 0.0268. The molecule has 1 aromatic carbocycles. The highest BCUT2D eigenvalue weighted by Gasteiger charge is 2.46. The molecule has 5 aromatic rings. The van der Waals surface area contributed by atoms with Gasteiger partial charge in [0.1, 0.15) is 22.9 Å². The van der Waals surface area contributed by atoms with E-state index in [1.807, 2.05) is 4.90 Å². The van der Waals surface area contributed by atoms with Crippen LogP contribution in [0.3, 0.4) is 0 Å². The topological polar surface area (TPSA) is 165 Å². The molecule has 1 unspecified atom stereocenters. The van der Waals surface area contributed by atoms with Crippen LogP contribution in [0.4, 0.5) is 10.2 Å². The highest BCUT2D eigenvalue weighted by molar-refractivity contribution is 7.91. The number of sulfone groups is 1. The summed E-state index contributed by atoms with van der Waals surface area (Å²) >= 11 is 0. The lowest BCUT2D eigenvalue weighted by molar-refractivity contribution is 0.0556. The van der Waals surface area contributed by atoms with Crippen LogP contribution in [-0.2, 0) is 9.84 Å². The van der Waals surface area contributed by atoms with E-state index in [1.54, 1.807) is 24.5 Å². The second-order valence-corrected chi connectivity index (χ2v) is 12.4. The Kier molecular flexibility index (Phi) is 5.39. The Morgan fingerprint density at radius 3 is 2.60 bits per heavy atom. The molecule has 0 saturated carbocycles. The summed E-state index contributed by atoms with van der Waals surface area (Å²) in [7, 11) is -3.78. The van der Waals surface area contributed by atoms with Gasteiger partial charge in [0.25, 0.3) is 5.91 Å². The van der Waals surface area contributed by atoms with Crippen molar-refractivity contribution in [3.05, 3.63) is 60.3 Å². The zero-order valence-electron chi connectivity index (χ0n) is 21.3. The Morgan fingerprint density at radius 2 is 1.90 bits per heavy atom. The largest absolute Gasteiger partial charge is 0.382 e. The number of carbonyl (C=O) groups excluding carboxylic acids is 1. The van der Waals surface area contributed by atoms with Gasteiger partial charge in [0.05, 0.1) is 17.4 Å². The van der Waals surface area contributed by atoms with E-state index in [4.69, 9.17) is 10.7 Å². The van der Waals surface area contributed by atoms with Gasteiger partial charge in [-0.05, 0) is 49.9 Å². The van der Waals surface area contributed by atoms with Gasteiger partial charge in [0, 0.05) is 47.0 Å². The summed E-state index contributed by atoms with van der Waals surface area (Å²) in [6, 6.07) is 5.94. The molecule has 2 fully saturated rings. The average molecular weight is 562 g/mol. The van der Waals surface area contributed by atoms with Gasteiger partial charge < -0.3 is 10.6 Å². The molecule has 0 spiro atoms. The third-order valence-corrected chi connectivity index (χ3v) is 9.12. The normalized spacial score (nSPS) is 20.9. The van der Waals surface area contributed by atoms with Gasteiger partial charge in [0.15, 0.2) is 15.5 Å². The van der Waals surface area contributed by atoms with E-state index < -0.39 is 9.84 Å². The van der Waals surface area contributed by atoms with Crippen LogP contribution in [0, 0.1) is 5.82 Å². The van der Waals surface area contributed by atoms with Crippen LogP contribution in [0.2, 0.25) is 0 Å². The predicted octanol–water partition coefficient (Wildman–Crippen LogP) is 2.74. The molecule has 2 bridgehead atoms. The Hall–Kier alpha value is -4.46. The number of piperidine rings is 1. The van der Waals surface area contributed by atoms with E-state index in [0.29, 0.717) is 46.2 Å². The maximum absolute atomic E-state index is 13.9. The molecule has 0 aliphatic carbocycles. The first-order valence-electron chi connectivity index (χ1n) is 12.8. The average Bonchev–Trinajstić information content (AvgIpc) is 3.65. The third-order valence-electron chi connectivity index (χ3n) is 7.96. The molecule has 14 heteroatoms. The molecule has 6 heterocycles. The number of anilines is 1. The Morgan fingerprint density at radius 1 is 1.12 bits per heavy atom. The van der Waals surface area contributed by atoms with Gasteiger partial charge in [-0.15, -0.1) is 0 Å². The first-order chi connectivity index (χ1) is 19.2. The first-order valence-corrected chi connectivity index (χ1v) is 14.7. The minimum Gasteiger partial charge on any atom is -0.382 e. The summed E-state index contributed by atoms with van der Waals surface area (Å²) in [6.07, 6.45) is 8.26. The summed E-state index contributed by atoms with van der Waals surface area (Å²) in [5.41, 5.74) is 9.09. The second kappa shape index (κ2) is 8.78. The van der Waals surface area contributed by atoms with E-state index in [0.717, 1.165) is 19.1 Å². The van der Waals surface area contributed by atoms with Crippen LogP contribution < -0.4 is 5.73 Å². The predicted molar refractivity (Wildman–Crippen MR) is 143 cm³/mol. The number of hydrogen-bond acceptors (Lipinski definition) is 9. The fraction of sp³-hybridized carbons (Fsp3) is 0.308. The maximum atomic E-state index is 13.9. The number of pyridine rings is 1. The molecule has 7 rings (SSSR count). The van der Waals surface area contributed by atoms with Crippen LogP contribution in [0.25, 0.3) is 27.7 Å². The smallest absolute Gasteiger partial charge is 0.291 e. The van der Waals surface area contributed by atoms with Gasteiger partial charge in [-0.25, -0.2) is 22.8 Å². The van der Waals surface area contributed by atoms with Crippen molar-refractivity contribution in [2.45, 2.75) is 48.6 Å². The summed E-state index contributed by atoms with van der Waals surface area (Å²) in [6.45, 7) is 0. The zero-order chi connectivity index (χ0) is 27.8. The third kappa shape index (κ3) is 3.81. The molecule has 0 radical (unpaired) electrons. The fourth-order valence-corrected chi connectivity index (χ4v) is 7.35. The molecule has 3 N–H and O–H groups in total. The van der Waals surface area contributed by atoms with Crippen LogP contribution in [0.1, 0.15) is 47.9 Å². The maximum Gasteiger partial charge on any atom is 0.291 e. The van der Waals surface area contributed by atoms with E-state index in [1.165, 1.54) is 23.0 Å². The summed E-state index contributed by atoms with van der Waals surface area (Å²) < 4.78 is 41.3. The van der Waals surface area contributed by atoms with Crippen molar-refractivity contribution < 1.29 is 17.6 Å². The van der Waals surface area contributed by atoms with Crippen molar-refractivity contribution in [1.82, 2.24) is 39.7 Å². The van der Waals surface area contributed by atoms with Gasteiger partial charge in [0.2, 0.25) is 5.82 Å². The number of rotatable bonds is 4. The number of halogens is 1. The molecule has 2 saturated heterocycles. The second-order valence-electron chi connectivity index (χ2n) is 10.4. The molecule has 1 amide bonds. The van der Waals surface area contributed by atoms with Crippen molar-refractivity contribution in [3.63, 3.8) is 0 Å². The number of nitrogens with zero attached hydrogens (tertiary/aromatic N) is 7. The fourth-order valence-electron chi connectivity index (χ4n) is 6.29. The minimum atomic E-state index is -3.78. The quantitative estimate of drug-likeness (QED) is 0.335. The van der Waals surface area contributed by atoms with Crippen molar-refractivity contribution in [2.24, 2.45) is 0 Å². The number of aromatic nitrogens is 7. The Labute approximate surface area is 227 Å². The summed E-state index contributed by atoms with van der Waals surface area (Å²) in [5, 5.41) is 11.4. The van der Waals surface area contributed by atoms with Crippen LogP contribution in [-0.4, -0.2) is 72.3 Å². The number of nitrogen functional groups attached to an aromatic ring is 1. The number of nitrogens with one attached hydrogen (secondary N) is 1. The van der Waals surface area contributed by atoms with E-state index in [-0.39, 0.29) is 46.3 Å². The highest BCUT2D eigenvalue weighted by Crippen LogP contribution is 2.45. The summed E-state index contributed by atoms with van der Waals surface area (Å²) in [4.78, 5) is 28.2. The SMILES string of the molecule is CS(=O)(=O)c1c(C2C[C@H]3CC[C@@H](C2)N3C(=O)c2ncn[nH]2)nc2c(-c3cnc4ccc(F)cc4c3)cnn2c1N. The lowest BCUT2D eigenvalue weighted by Crippen LogP contribution is -2.46. The molecule has 2 aliphatic heterocycles. The highest BCUT2D eigenvalue weighted by atomic mass is 32.2. The molecule has 2 aliphatic rings. The molecular formula is C26H24FN9O3S. The van der Waals surface area contributed by atoms with Gasteiger partial charge in [-0.2, -0.15) is 14.7 Å². The van der Waals surface area contributed by atoms with Gasteiger partial charge in [-0.1, -0.05) is 0 Å². The van der Waals surface area contributed by atoms with Crippen molar-refractivity contribution in [1.29, 1.82) is 0 Å². The number of aromatic amines is 1.